The lowest BCUT2D eigenvalue weighted by molar-refractivity contribution is 1.17. The second-order valence-electron chi connectivity index (χ2n) is 12.5. The summed E-state index contributed by atoms with van der Waals surface area (Å²) < 4.78 is 7.53. The van der Waals surface area contributed by atoms with Crippen molar-refractivity contribution in [1.29, 1.82) is 0 Å². The molecular weight excluding hydrogens is 589 g/mol. The Labute approximate surface area is 274 Å². The number of aromatic nitrogens is 2. The number of thiophene rings is 1. The van der Waals surface area contributed by atoms with E-state index in [1.807, 2.05) is 11.3 Å². The molecule has 0 aliphatic heterocycles. The largest absolute Gasteiger partial charge is 0.309 e. The number of fused-ring (bicyclic) bond motifs is 6. The third-order valence-corrected chi connectivity index (χ3v) is 11.2. The zero-order valence-corrected chi connectivity index (χ0v) is 26.1. The summed E-state index contributed by atoms with van der Waals surface area (Å²) in [5, 5.41) is 10.4. The van der Waals surface area contributed by atoms with Crippen molar-refractivity contribution in [3.05, 3.63) is 158 Å². The van der Waals surface area contributed by atoms with Gasteiger partial charge in [0.25, 0.3) is 0 Å². The van der Waals surface area contributed by atoms with E-state index in [9.17, 15) is 0 Å². The van der Waals surface area contributed by atoms with E-state index < -0.39 is 0 Å². The Bertz CT molecular complexity index is 3010. The van der Waals surface area contributed by atoms with Crippen LogP contribution < -0.4 is 0 Å². The fraction of sp³-hybridized carbons (Fsp3) is 0. The highest BCUT2D eigenvalue weighted by Gasteiger charge is 2.20. The van der Waals surface area contributed by atoms with Gasteiger partial charge in [-0.1, -0.05) is 91.0 Å². The van der Waals surface area contributed by atoms with Gasteiger partial charge in [-0.3, -0.25) is 0 Å². The molecule has 8 aromatic carbocycles. The highest BCUT2D eigenvalue weighted by molar-refractivity contribution is 7.25. The second-order valence-corrected chi connectivity index (χ2v) is 13.6. The summed E-state index contributed by atoms with van der Waals surface area (Å²) in [6, 6.07) is 58.2. The van der Waals surface area contributed by atoms with Crippen LogP contribution in [0.2, 0.25) is 0 Å². The van der Waals surface area contributed by atoms with E-state index in [-0.39, 0.29) is 0 Å². The number of hydrogen-bond acceptors (Lipinski definition) is 1. The van der Waals surface area contributed by atoms with Crippen molar-refractivity contribution in [3.8, 4) is 22.5 Å². The molecule has 0 radical (unpaired) electrons. The van der Waals surface area contributed by atoms with Crippen LogP contribution in [0.4, 0.5) is 0 Å². The molecule has 11 aromatic rings. The highest BCUT2D eigenvalue weighted by atomic mass is 32.1. The standard InChI is InChI=1S/C44H26N2S/c1-2-10-29(11-3-1)45-37-14-6-4-12-32(37)35-26-30(19-22-38(35)45)46-39-15-8-9-27-17-20-34-31(21-23-40(46)44(34)43(27)39)28-18-24-42-36(25-28)33-13-5-7-16-41(33)47-42/h1-26H. The summed E-state index contributed by atoms with van der Waals surface area (Å²) in [7, 11) is 0. The molecule has 0 N–H and O–H groups in total. The van der Waals surface area contributed by atoms with Crippen LogP contribution in [0.25, 0.3) is 97.1 Å². The van der Waals surface area contributed by atoms with E-state index in [1.54, 1.807) is 0 Å². The summed E-state index contributed by atoms with van der Waals surface area (Å²) in [6.45, 7) is 0. The maximum Gasteiger partial charge on any atom is 0.0547 e. The lowest BCUT2D eigenvalue weighted by Crippen LogP contribution is -1.95. The monoisotopic (exact) mass is 614 g/mol. The Morgan fingerprint density at radius 2 is 1.09 bits per heavy atom. The molecular formula is C44H26N2S. The van der Waals surface area contributed by atoms with Gasteiger partial charge < -0.3 is 9.13 Å². The van der Waals surface area contributed by atoms with Gasteiger partial charge in [-0.2, -0.15) is 0 Å². The number of hydrogen-bond donors (Lipinski definition) is 0. The molecule has 2 nitrogen and oxygen atoms in total. The first kappa shape index (κ1) is 25.3. The Hall–Kier alpha value is -5.90. The zero-order valence-electron chi connectivity index (χ0n) is 25.3. The normalized spacial score (nSPS) is 12.3. The maximum atomic E-state index is 2.47. The van der Waals surface area contributed by atoms with Gasteiger partial charge in [0.1, 0.15) is 0 Å². The van der Waals surface area contributed by atoms with E-state index in [0.29, 0.717) is 0 Å². The Morgan fingerprint density at radius 3 is 2.02 bits per heavy atom. The van der Waals surface area contributed by atoms with Crippen molar-refractivity contribution in [1.82, 2.24) is 9.13 Å². The van der Waals surface area contributed by atoms with Gasteiger partial charge in [0.05, 0.1) is 22.1 Å². The average molecular weight is 615 g/mol. The Balaban J connectivity index is 1.18. The summed E-state index contributed by atoms with van der Waals surface area (Å²) in [6.07, 6.45) is 0. The van der Waals surface area contributed by atoms with E-state index in [1.165, 1.54) is 97.1 Å². The lowest BCUT2D eigenvalue weighted by Gasteiger charge is -2.11. The molecule has 0 amide bonds. The van der Waals surface area contributed by atoms with Crippen molar-refractivity contribution < 1.29 is 0 Å². The van der Waals surface area contributed by atoms with Gasteiger partial charge in [-0.15, -0.1) is 11.3 Å². The summed E-state index contributed by atoms with van der Waals surface area (Å²) >= 11 is 1.87. The van der Waals surface area contributed by atoms with E-state index >= 15 is 0 Å². The Kier molecular flexibility index (Phi) is 5.02. The van der Waals surface area contributed by atoms with Crippen molar-refractivity contribution in [2.75, 3.05) is 0 Å². The molecule has 3 heteroatoms. The van der Waals surface area contributed by atoms with Gasteiger partial charge >= 0.3 is 0 Å². The first-order valence-corrected chi connectivity index (χ1v) is 16.9. The van der Waals surface area contributed by atoms with Crippen LogP contribution in [-0.4, -0.2) is 9.13 Å². The van der Waals surface area contributed by atoms with Gasteiger partial charge in [0.15, 0.2) is 0 Å². The molecule has 11 rings (SSSR count). The molecule has 3 aromatic heterocycles. The van der Waals surface area contributed by atoms with Crippen LogP contribution in [0.1, 0.15) is 0 Å². The molecule has 3 heterocycles. The summed E-state index contributed by atoms with van der Waals surface area (Å²) in [5.74, 6) is 0. The summed E-state index contributed by atoms with van der Waals surface area (Å²) in [5.41, 5.74) is 9.81. The number of nitrogens with zero attached hydrogens (tertiary/aromatic N) is 2. The third-order valence-electron chi connectivity index (χ3n) is 10.1. The molecule has 47 heavy (non-hydrogen) atoms. The first-order chi connectivity index (χ1) is 23.3. The predicted octanol–water partition coefficient (Wildman–Crippen LogP) is 12.5. The third kappa shape index (κ3) is 3.44. The van der Waals surface area contributed by atoms with Crippen LogP contribution in [0.5, 0.6) is 0 Å². The molecule has 0 aliphatic rings. The minimum absolute atomic E-state index is 1.18. The van der Waals surface area contributed by atoms with Crippen molar-refractivity contribution in [2.45, 2.75) is 0 Å². The number of para-hydroxylation sites is 2. The number of rotatable bonds is 3. The predicted molar refractivity (Wildman–Crippen MR) is 202 cm³/mol. The van der Waals surface area contributed by atoms with Crippen LogP contribution in [0.3, 0.4) is 0 Å². The number of benzene rings is 8. The molecule has 0 saturated carbocycles. The first-order valence-electron chi connectivity index (χ1n) is 16.1. The molecule has 0 bridgehead atoms. The highest BCUT2D eigenvalue weighted by Crippen LogP contribution is 2.44. The van der Waals surface area contributed by atoms with Crippen LogP contribution in [0, 0.1) is 0 Å². The molecule has 0 spiro atoms. The van der Waals surface area contributed by atoms with Gasteiger partial charge in [-0.05, 0) is 88.6 Å². The summed E-state index contributed by atoms with van der Waals surface area (Å²) in [4.78, 5) is 0. The van der Waals surface area contributed by atoms with E-state index in [0.717, 1.165) is 0 Å². The molecule has 0 unspecified atom stereocenters. The van der Waals surface area contributed by atoms with Crippen molar-refractivity contribution in [2.24, 2.45) is 0 Å². The molecule has 0 aliphatic carbocycles. The van der Waals surface area contributed by atoms with Crippen molar-refractivity contribution in [3.63, 3.8) is 0 Å². The van der Waals surface area contributed by atoms with Gasteiger partial charge in [0, 0.05) is 53.1 Å². The SMILES string of the molecule is c1ccc(-n2c3ccccc3c3cc(-n4c5cccc6ccc7c(-c8ccc9sc%10ccccc%10c9c8)ccc4c7c65)ccc32)cc1. The minimum Gasteiger partial charge on any atom is -0.309 e. The minimum atomic E-state index is 1.18. The molecule has 0 saturated heterocycles. The molecule has 0 atom stereocenters. The zero-order chi connectivity index (χ0) is 30.6. The average Bonchev–Trinajstić information content (AvgIpc) is 3.79. The maximum absolute atomic E-state index is 2.47. The van der Waals surface area contributed by atoms with Crippen LogP contribution in [-0.2, 0) is 0 Å². The quantitative estimate of drug-likeness (QED) is 0.175. The van der Waals surface area contributed by atoms with Gasteiger partial charge in [-0.25, -0.2) is 0 Å². The Morgan fingerprint density at radius 1 is 0.362 bits per heavy atom. The van der Waals surface area contributed by atoms with E-state index in [4.69, 9.17) is 0 Å². The molecule has 218 valence electrons. The fourth-order valence-corrected chi connectivity index (χ4v) is 9.15. The van der Waals surface area contributed by atoms with Gasteiger partial charge in [0.2, 0.25) is 0 Å². The van der Waals surface area contributed by atoms with Crippen LogP contribution >= 0.6 is 11.3 Å². The molecule has 0 fully saturated rings. The van der Waals surface area contributed by atoms with Crippen molar-refractivity contribution >= 4 is 85.9 Å². The van der Waals surface area contributed by atoms with E-state index in [2.05, 4.69) is 167 Å². The topological polar surface area (TPSA) is 9.86 Å². The second kappa shape index (κ2) is 9.32. The fourth-order valence-electron chi connectivity index (χ4n) is 8.07. The smallest absolute Gasteiger partial charge is 0.0547 e. The lowest BCUT2D eigenvalue weighted by atomic mass is 9.94. The van der Waals surface area contributed by atoms with Crippen LogP contribution in [0.15, 0.2) is 158 Å².